The zero-order valence-corrected chi connectivity index (χ0v) is 14.9. The fourth-order valence-electron chi connectivity index (χ4n) is 2.99. The fourth-order valence-corrected chi connectivity index (χ4v) is 2.99. The largest absolute Gasteiger partial charge is 0.497 e. The van der Waals surface area contributed by atoms with Crippen LogP contribution in [0.5, 0.6) is 17.2 Å². The van der Waals surface area contributed by atoms with Crippen molar-refractivity contribution in [2.24, 2.45) is 0 Å². The summed E-state index contributed by atoms with van der Waals surface area (Å²) in [6.07, 6.45) is 0. The lowest BCUT2D eigenvalue weighted by molar-refractivity contribution is 0.415. The van der Waals surface area contributed by atoms with Crippen LogP contribution in [-0.2, 0) is 0 Å². The minimum absolute atomic E-state index is 0.825. The molecule has 0 aliphatic heterocycles. The van der Waals surface area contributed by atoms with Crippen LogP contribution in [0.3, 0.4) is 0 Å². The first-order chi connectivity index (χ1) is 12.7. The summed E-state index contributed by atoms with van der Waals surface area (Å²) in [5, 5.41) is 2.26. The fraction of sp³-hybridized carbons (Fsp3) is 0.0833. The van der Waals surface area contributed by atoms with Gasteiger partial charge in [0.1, 0.15) is 17.2 Å². The van der Waals surface area contributed by atoms with Gasteiger partial charge in [0, 0.05) is 0 Å². The number of aryl methyl sites for hydroxylation is 1. The van der Waals surface area contributed by atoms with Gasteiger partial charge in [-0.2, -0.15) is 0 Å². The molecule has 0 N–H and O–H groups in total. The summed E-state index contributed by atoms with van der Waals surface area (Å²) < 4.78 is 11.3. The van der Waals surface area contributed by atoms with Crippen molar-refractivity contribution in [3.05, 3.63) is 90.5 Å². The normalized spacial score (nSPS) is 10.7. The zero-order valence-electron chi connectivity index (χ0n) is 14.9. The Bertz CT molecular complexity index is 1030. The van der Waals surface area contributed by atoms with E-state index >= 15 is 0 Å². The zero-order chi connectivity index (χ0) is 17.9. The summed E-state index contributed by atoms with van der Waals surface area (Å²) in [5.41, 5.74) is 3.66. The van der Waals surface area contributed by atoms with Crippen LogP contribution in [0.2, 0.25) is 0 Å². The average Bonchev–Trinajstić information content (AvgIpc) is 2.69. The van der Waals surface area contributed by atoms with Crippen molar-refractivity contribution in [2.75, 3.05) is 7.11 Å². The molecule has 0 aliphatic rings. The maximum atomic E-state index is 6.02. The molecule has 0 aromatic heterocycles. The van der Waals surface area contributed by atoms with E-state index in [1.165, 1.54) is 16.7 Å². The highest BCUT2D eigenvalue weighted by molar-refractivity contribution is 5.85. The van der Waals surface area contributed by atoms with Crippen molar-refractivity contribution in [1.29, 1.82) is 0 Å². The van der Waals surface area contributed by atoms with Crippen molar-refractivity contribution in [1.82, 2.24) is 0 Å². The Kier molecular flexibility index (Phi) is 4.32. The van der Waals surface area contributed by atoms with E-state index in [1.807, 2.05) is 48.5 Å². The van der Waals surface area contributed by atoms with Crippen LogP contribution in [0.15, 0.2) is 84.9 Å². The molecule has 2 nitrogen and oxygen atoms in total. The standard InChI is InChI=1S/C24H20O2/c1-17-3-5-18(6-4-17)19-7-11-22(12-8-19)26-24-14-10-20-15-23(25-2)13-9-21(20)16-24/h3-16H,1-2H3. The van der Waals surface area contributed by atoms with Gasteiger partial charge in [-0.3, -0.25) is 0 Å². The Hall–Kier alpha value is -3.26. The molecule has 26 heavy (non-hydrogen) atoms. The van der Waals surface area contributed by atoms with E-state index in [2.05, 4.69) is 43.3 Å². The summed E-state index contributed by atoms with van der Waals surface area (Å²) in [7, 11) is 1.68. The molecule has 0 radical (unpaired) electrons. The lowest BCUT2D eigenvalue weighted by atomic mass is 10.0. The van der Waals surface area contributed by atoms with Crippen LogP contribution in [0.4, 0.5) is 0 Å². The molecule has 0 aliphatic carbocycles. The Morgan fingerprint density at radius 2 is 1.04 bits per heavy atom. The molecule has 0 heterocycles. The van der Waals surface area contributed by atoms with Gasteiger partial charge < -0.3 is 9.47 Å². The Labute approximate surface area is 153 Å². The highest BCUT2D eigenvalue weighted by Crippen LogP contribution is 2.29. The van der Waals surface area contributed by atoms with Crippen LogP contribution in [-0.4, -0.2) is 7.11 Å². The van der Waals surface area contributed by atoms with Gasteiger partial charge in [0.05, 0.1) is 7.11 Å². The number of methoxy groups -OCH3 is 1. The van der Waals surface area contributed by atoms with Gasteiger partial charge in [-0.1, -0.05) is 54.1 Å². The Morgan fingerprint density at radius 3 is 1.65 bits per heavy atom. The third-order valence-corrected chi connectivity index (χ3v) is 4.49. The van der Waals surface area contributed by atoms with Crippen molar-refractivity contribution < 1.29 is 9.47 Å². The van der Waals surface area contributed by atoms with Crippen molar-refractivity contribution in [3.8, 4) is 28.4 Å². The number of hydrogen-bond donors (Lipinski definition) is 0. The maximum absolute atomic E-state index is 6.02. The first-order valence-electron chi connectivity index (χ1n) is 8.64. The molecule has 4 aromatic rings. The number of ether oxygens (including phenoxy) is 2. The summed E-state index contributed by atoms with van der Waals surface area (Å²) in [5.74, 6) is 2.51. The van der Waals surface area contributed by atoms with Crippen molar-refractivity contribution in [2.45, 2.75) is 6.92 Å². The smallest absolute Gasteiger partial charge is 0.128 e. The van der Waals surface area contributed by atoms with Crippen LogP contribution in [0.25, 0.3) is 21.9 Å². The molecule has 4 aromatic carbocycles. The number of rotatable bonds is 4. The summed E-state index contributed by atoms with van der Waals surface area (Å²) >= 11 is 0. The summed E-state index contributed by atoms with van der Waals surface area (Å²) in [4.78, 5) is 0. The van der Waals surface area contributed by atoms with Crippen LogP contribution in [0.1, 0.15) is 5.56 Å². The van der Waals surface area contributed by atoms with E-state index < -0.39 is 0 Å². The maximum Gasteiger partial charge on any atom is 0.128 e. The summed E-state index contributed by atoms with van der Waals surface area (Å²) in [6, 6.07) is 28.8. The molecule has 0 saturated carbocycles. The third kappa shape index (κ3) is 3.40. The molecule has 0 unspecified atom stereocenters. The topological polar surface area (TPSA) is 18.5 Å². The molecule has 0 fully saturated rings. The predicted octanol–water partition coefficient (Wildman–Crippen LogP) is 6.62. The predicted molar refractivity (Wildman–Crippen MR) is 107 cm³/mol. The van der Waals surface area contributed by atoms with E-state index in [-0.39, 0.29) is 0 Å². The molecule has 4 rings (SSSR count). The van der Waals surface area contributed by atoms with Gasteiger partial charge in [-0.15, -0.1) is 0 Å². The molecule has 2 heteroatoms. The second-order valence-electron chi connectivity index (χ2n) is 6.37. The molecular weight excluding hydrogens is 320 g/mol. The van der Waals surface area contributed by atoms with E-state index in [4.69, 9.17) is 9.47 Å². The second kappa shape index (κ2) is 6.93. The lowest BCUT2D eigenvalue weighted by Gasteiger charge is -2.09. The minimum atomic E-state index is 0.825. The summed E-state index contributed by atoms with van der Waals surface area (Å²) in [6.45, 7) is 2.10. The van der Waals surface area contributed by atoms with Crippen molar-refractivity contribution in [3.63, 3.8) is 0 Å². The molecule has 0 amide bonds. The highest BCUT2D eigenvalue weighted by Gasteiger charge is 2.03. The SMILES string of the molecule is COc1ccc2cc(Oc3ccc(-c4ccc(C)cc4)cc3)ccc2c1. The number of hydrogen-bond acceptors (Lipinski definition) is 2. The molecule has 0 atom stereocenters. The molecule has 0 saturated heterocycles. The first-order valence-corrected chi connectivity index (χ1v) is 8.64. The van der Waals surface area contributed by atoms with Gasteiger partial charge in [0.15, 0.2) is 0 Å². The Morgan fingerprint density at radius 1 is 0.538 bits per heavy atom. The minimum Gasteiger partial charge on any atom is -0.497 e. The monoisotopic (exact) mass is 340 g/mol. The van der Waals surface area contributed by atoms with Gasteiger partial charge in [0.2, 0.25) is 0 Å². The van der Waals surface area contributed by atoms with Gasteiger partial charge in [-0.05, 0) is 65.2 Å². The van der Waals surface area contributed by atoms with Crippen LogP contribution in [0, 0.1) is 6.92 Å². The van der Waals surface area contributed by atoms with E-state index in [9.17, 15) is 0 Å². The highest BCUT2D eigenvalue weighted by atomic mass is 16.5. The quantitative estimate of drug-likeness (QED) is 0.416. The number of fused-ring (bicyclic) bond motifs is 1. The van der Waals surface area contributed by atoms with Gasteiger partial charge >= 0.3 is 0 Å². The van der Waals surface area contributed by atoms with E-state index in [1.54, 1.807) is 7.11 Å². The Balaban J connectivity index is 1.55. The van der Waals surface area contributed by atoms with Crippen molar-refractivity contribution >= 4 is 10.8 Å². The third-order valence-electron chi connectivity index (χ3n) is 4.49. The van der Waals surface area contributed by atoms with Crippen LogP contribution >= 0.6 is 0 Å². The lowest BCUT2D eigenvalue weighted by Crippen LogP contribution is -1.86. The number of benzene rings is 4. The molecule has 128 valence electrons. The first kappa shape index (κ1) is 16.2. The molecule has 0 spiro atoms. The van der Waals surface area contributed by atoms with Gasteiger partial charge in [0.25, 0.3) is 0 Å². The van der Waals surface area contributed by atoms with E-state index in [0.717, 1.165) is 28.0 Å². The van der Waals surface area contributed by atoms with Crippen LogP contribution < -0.4 is 9.47 Å². The molecule has 0 bridgehead atoms. The molecular formula is C24H20O2. The van der Waals surface area contributed by atoms with Gasteiger partial charge in [-0.25, -0.2) is 0 Å². The second-order valence-corrected chi connectivity index (χ2v) is 6.37. The van der Waals surface area contributed by atoms with E-state index in [0.29, 0.717) is 0 Å². The average molecular weight is 340 g/mol.